The molecule has 4 heteroatoms. The second-order valence-corrected chi connectivity index (χ2v) is 6.41. The summed E-state index contributed by atoms with van der Waals surface area (Å²) in [4.78, 5) is 4.42. The summed E-state index contributed by atoms with van der Waals surface area (Å²) in [5.74, 6) is 2.44. The Bertz CT molecular complexity index is 410. The molecule has 1 aromatic heterocycles. The Hall–Kier alpha value is -0.480. The SMILES string of the molecule is Cc1ncn(C2CCOC3(CCSC3)C2)c1C. The van der Waals surface area contributed by atoms with Crippen LogP contribution in [0.3, 0.4) is 0 Å². The molecule has 2 fully saturated rings. The predicted octanol–water partition coefficient (Wildman–Crippen LogP) is 2.73. The first kappa shape index (κ1) is 11.6. The Morgan fingerprint density at radius 3 is 3.06 bits per heavy atom. The van der Waals surface area contributed by atoms with Crippen molar-refractivity contribution in [3.8, 4) is 0 Å². The second kappa shape index (κ2) is 4.32. The van der Waals surface area contributed by atoms with Crippen molar-refractivity contribution in [3.05, 3.63) is 17.7 Å². The summed E-state index contributed by atoms with van der Waals surface area (Å²) in [6.45, 7) is 5.17. The summed E-state index contributed by atoms with van der Waals surface area (Å²) in [6.07, 6.45) is 5.52. The van der Waals surface area contributed by atoms with Crippen LogP contribution in [-0.2, 0) is 4.74 Å². The first-order valence-corrected chi connectivity index (χ1v) is 7.57. The van der Waals surface area contributed by atoms with Gasteiger partial charge in [0, 0.05) is 24.1 Å². The van der Waals surface area contributed by atoms with Crippen molar-refractivity contribution in [1.29, 1.82) is 0 Å². The van der Waals surface area contributed by atoms with Crippen molar-refractivity contribution in [2.45, 2.75) is 44.8 Å². The zero-order chi connectivity index (χ0) is 11.9. The third-order valence-corrected chi connectivity index (χ3v) is 5.44. The molecule has 0 radical (unpaired) electrons. The molecular weight excluding hydrogens is 232 g/mol. The molecule has 2 unspecified atom stereocenters. The first-order valence-electron chi connectivity index (χ1n) is 6.42. The number of imidazole rings is 1. The molecule has 2 aliphatic rings. The van der Waals surface area contributed by atoms with E-state index in [2.05, 4.69) is 23.4 Å². The van der Waals surface area contributed by atoms with Gasteiger partial charge >= 0.3 is 0 Å². The number of ether oxygens (including phenoxy) is 1. The van der Waals surface area contributed by atoms with E-state index in [1.165, 1.54) is 23.6 Å². The minimum Gasteiger partial charge on any atom is -0.374 e. The maximum atomic E-state index is 6.07. The third kappa shape index (κ3) is 2.02. The second-order valence-electron chi connectivity index (χ2n) is 5.30. The van der Waals surface area contributed by atoms with Crippen LogP contribution in [-0.4, -0.2) is 33.3 Å². The number of nitrogens with zero attached hydrogens (tertiary/aromatic N) is 2. The van der Waals surface area contributed by atoms with Crippen molar-refractivity contribution < 1.29 is 4.74 Å². The van der Waals surface area contributed by atoms with Gasteiger partial charge in [-0.1, -0.05) is 0 Å². The molecule has 2 atom stereocenters. The van der Waals surface area contributed by atoms with Crippen LogP contribution in [0.2, 0.25) is 0 Å². The van der Waals surface area contributed by atoms with Crippen LogP contribution in [0.4, 0.5) is 0 Å². The number of aromatic nitrogens is 2. The van der Waals surface area contributed by atoms with E-state index in [-0.39, 0.29) is 5.60 Å². The van der Waals surface area contributed by atoms with E-state index in [0.29, 0.717) is 6.04 Å². The topological polar surface area (TPSA) is 27.1 Å². The standard InChI is InChI=1S/C13H20N2OS/c1-10-11(2)15(9-14-10)12-3-5-16-13(7-12)4-6-17-8-13/h9,12H,3-8H2,1-2H3. The molecular formula is C13H20N2OS. The molecule has 0 N–H and O–H groups in total. The predicted molar refractivity (Wildman–Crippen MR) is 70.6 cm³/mol. The van der Waals surface area contributed by atoms with Gasteiger partial charge in [0.15, 0.2) is 0 Å². The zero-order valence-corrected chi connectivity index (χ0v) is 11.4. The third-order valence-electron chi connectivity index (χ3n) is 4.21. The highest BCUT2D eigenvalue weighted by atomic mass is 32.2. The quantitative estimate of drug-likeness (QED) is 0.769. The monoisotopic (exact) mass is 252 g/mol. The van der Waals surface area contributed by atoms with Gasteiger partial charge in [-0.15, -0.1) is 0 Å². The maximum absolute atomic E-state index is 6.07. The first-order chi connectivity index (χ1) is 8.20. The van der Waals surface area contributed by atoms with E-state index < -0.39 is 0 Å². The van der Waals surface area contributed by atoms with E-state index in [4.69, 9.17) is 4.74 Å². The molecule has 1 spiro atoms. The highest BCUT2D eigenvalue weighted by Gasteiger charge is 2.41. The van der Waals surface area contributed by atoms with E-state index in [1.807, 2.05) is 18.1 Å². The normalized spacial score (nSPS) is 33.4. The number of thioether (sulfide) groups is 1. The van der Waals surface area contributed by atoms with Crippen molar-refractivity contribution in [2.75, 3.05) is 18.1 Å². The number of hydrogen-bond donors (Lipinski definition) is 0. The van der Waals surface area contributed by atoms with Gasteiger partial charge in [0.1, 0.15) is 0 Å². The molecule has 94 valence electrons. The Morgan fingerprint density at radius 1 is 1.53 bits per heavy atom. The Morgan fingerprint density at radius 2 is 2.41 bits per heavy atom. The highest BCUT2D eigenvalue weighted by Crippen LogP contribution is 2.42. The zero-order valence-electron chi connectivity index (χ0n) is 10.6. The Labute approximate surface area is 107 Å². The Kier molecular flexibility index (Phi) is 2.95. The lowest BCUT2D eigenvalue weighted by Gasteiger charge is -2.38. The summed E-state index contributed by atoms with van der Waals surface area (Å²) in [5, 5.41) is 0. The fraction of sp³-hybridized carbons (Fsp3) is 0.769. The minimum atomic E-state index is 0.165. The number of hydrogen-bond acceptors (Lipinski definition) is 3. The molecule has 1 aromatic rings. The van der Waals surface area contributed by atoms with E-state index in [0.717, 1.165) is 25.1 Å². The van der Waals surface area contributed by atoms with E-state index >= 15 is 0 Å². The number of aryl methyl sites for hydroxylation is 1. The van der Waals surface area contributed by atoms with Crippen LogP contribution >= 0.6 is 11.8 Å². The molecule has 3 rings (SSSR count). The van der Waals surface area contributed by atoms with Gasteiger partial charge < -0.3 is 9.30 Å². The summed E-state index contributed by atoms with van der Waals surface area (Å²) in [6, 6.07) is 0.587. The van der Waals surface area contributed by atoms with Gasteiger partial charge in [0.25, 0.3) is 0 Å². The number of rotatable bonds is 1. The minimum absolute atomic E-state index is 0.165. The molecule has 2 aliphatic heterocycles. The van der Waals surface area contributed by atoms with Crippen LogP contribution in [0.25, 0.3) is 0 Å². The van der Waals surface area contributed by atoms with Gasteiger partial charge in [-0.05, 0) is 38.9 Å². The lowest BCUT2D eigenvalue weighted by molar-refractivity contribution is -0.0764. The largest absolute Gasteiger partial charge is 0.374 e. The van der Waals surface area contributed by atoms with Crippen LogP contribution < -0.4 is 0 Å². The van der Waals surface area contributed by atoms with Crippen molar-refractivity contribution in [2.24, 2.45) is 0 Å². The van der Waals surface area contributed by atoms with Gasteiger partial charge in [-0.25, -0.2) is 4.98 Å². The molecule has 0 aliphatic carbocycles. The summed E-state index contributed by atoms with van der Waals surface area (Å²) in [7, 11) is 0. The summed E-state index contributed by atoms with van der Waals surface area (Å²) < 4.78 is 8.43. The summed E-state index contributed by atoms with van der Waals surface area (Å²) >= 11 is 2.04. The summed E-state index contributed by atoms with van der Waals surface area (Å²) in [5.41, 5.74) is 2.64. The fourth-order valence-electron chi connectivity index (χ4n) is 2.99. The van der Waals surface area contributed by atoms with Gasteiger partial charge in [0.2, 0.25) is 0 Å². The molecule has 0 aromatic carbocycles. The lowest BCUT2D eigenvalue weighted by atomic mass is 9.89. The van der Waals surface area contributed by atoms with E-state index in [1.54, 1.807) is 0 Å². The average molecular weight is 252 g/mol. The average Bonchev–Trinajstić information content (AvgIpc) is 2.89. The van der Waals surface area contributed by atoms with Crippen molar-refractivity contribution >= 4 is 11.8 Å². The maximum Gasteiger partial charge on any atom is 0.0954 e. The van der Waals surface area contributed by atoms with Gasteiger partial charge in [-0.2, -0.15) is 11.8 Å². The molecule has 3 nitrogen and oxygen atoms in total. The van der Waals surface area contributed by atoms with Crippen LogP contribution in [0.15, 0.2) is 6.33 Å². The van der Waals surface area contributed by atoms with Crippen LogP contribution in [0.1, 0.15) is 36.7 Å². The molecule has 0 bridgehead atoms. The molecule has 3 heterocycles. The van der Waals surface area contributed by atoms with Crippen LogP contribution in [0, 0.1) is 13.8 Å². The van der Waals surface area contributed by atoms with E-state index in [9.17, 15) is 0 Å². The molecule has 2 saturated heterocycles. The van der Waals surface area contributed by atoms with Gasteiger partial charge in [-0.3, -0.25) is 0 Å². The molecule has 17 heavy (non-hydrogen) atoms. The van der Waals surface area contributed by atoms with Crippen LogP contribution in [0.5, 0.6) is 0 Å². The highest BCUT2D eigenvalue weighted by molar-refractivity contribution is 7.99. The molecule has 0 saturated carbocycles. The van der Waals surface area contributed by atoms with Crippen molar-refractivity contribution in [3.63, 3.8) is 0 Å². The molecule has 0 amide bonds. The smallest absolute Gasteiger partial charge is 0.0954 e. The van der Waals surface area contributed by atoms with Gasteiger partial charge in [0.05, 0.1) is 17.6 Å². The van der Waals surface area contributed by atoms with Crippen molar-refractivity contribution in [1.82, 2.24) is 9.55 Å². The Balaban J connectivity index is 1.82. The fourth-order valence-corrected chi connectivity index (χ4v) is 4.36. The lowest BCUT2D eigenvalue weighted by Crippen LogP contribution is -2.40.